The number of amides is 1. The van der Waals surface area contributed by atoms with Gasteiger partial charge in [-0.25, -0.2) is 15.0 Å². The Morgan fingerprint density at radius 2 is 2.25 bits per heavy atom. The van der Waals surface area contributed by atoms with Gasteiger partial charge in [0.15, 0.2) is 0 Å². The molecule has 0 radical (unpaired) electrons. The van der Waals surface area contributed by atoms with Crippen LogP contribution in [0.4, 0.5) is 11.6 Å². The van der Waals surface area contributed by atoms with Crippen molar-refractivity contribution in [3.05, 3.63) is 36.2 Å². The summed E-state index contributed by atoms with van der Waals surface area (Å²) in [5.41, 5.74) is 0.940. The fraction of sp³-hybridized carbons (Fsp3) is 0.438. The first kappa shape index (κ1) is 16.6. The van der Waals surface area contributed by atoms with Crippen LogP contribution in [0.5, 0.6) is 0 Å². The highest BCUT2D eigenvalue weighted by Gasteiger charge is 2.28. The van der Waals surface area contributed by atoms with Gasteiger partial charge in [-0.1, -0.05) is 0 Å². The average Bonchev–Trinajstić information content (AvgIpc) is 3.06. The summed E-state index contributed by atoms with van der Waals surface area (Å²) < 4.78 is 0. The van der Waals surface area contributed by atoms with Crippen molar-refractivity contribution in [2.24, 2.45) is 0 Å². The Bertz CT molecular complexity index is 711. The molecule has 1 aliphatic heterocycles. The van der Waals surface area contributed by atoms with E-state index in [4.69, 9.17) is 11.6 Å². The van der Waals surface area contributed by atoms with Crippen LogP contribution >= 0.6 is 11.6 Å². The summed E-state index contributed by atoms with van der Waals surface area (Å²) in [6.45, 7) is 3.28. The van der Waals surface area contributed by atoms with E-state index < -0.39 is 0 Å². The molecule has 0 aromatic carbocycles. The molecule has 7 nitrogen and oxygen atoms in total. The molecule has 8 heteroatoms. The molecule has 24 heavy (non-hydrogen) atoms. The van der Waals surface area contributed by atoms with E-state index >= 15 is 0 Å². The second kappa shape index (κ2) is 7.53. The minimum absolute atomic E-state index is 0.108. The van der Waals surface area contributed by atoms with Crippen LogP contribution in [0.3, 0.4) is 0 Å². The quantitative estimate of drug-likeness (QED) is 0.836. The van der Waals surface area contributed by atoms with Crippen LogP contribution in [-0.2, 0) is 4.79 Å². The zero-order chi connectivity index (χ0) is 16.9. The van der Waals surface area contributed by atoms with Gasteiger partial charge in [-0.3, -0.25) is 9.78 Å². The molecule has 0 bridgehead atoms. The van der Waals surface area contributed by atoms with Crippen molar-refractivity contribution in [1.82, 2.24) is 24.8 Å². The first-order chi connectivity index (χ1) is 11.7. The van der Waals surface area contributed by atoms with Gasteiger partial charge in [0.1, 0.15) is 17.5 Å². The van der Waals surface area contributed by atoms with Crippen molar-refractivity contribution in [3.63, 3.8) is 0 Å². The molecule has 1 saturated heterocycles. The van der Waals surface area contributed by atoms with Crippen LogP contribution in [0, 0.1) is 6.92 Å². The van der Waals surface area contributed by atoms with Gasteiger partial charge in [-0.05, 0) is 13.3 Å². The number of carbonyl (C=O) groups is 1. The zero-order valence-corrected chi connectivity index (χ0v) is 14.2. The lowest BCUT2D eigenvalue weighted by Crippen LogP contribution is -2.28. The molecule has 2 aromatic rings. The van der Waals surface area contributed by atoms with E-state index in [0.717, 1.165) is 18.7 Å². The highest BCUT2D eigenvalue weighted by atomic mass is 35.5. The molecular weight excluding hydrogens is 328 g/mol. The maximum Gasteiger partial charge on any atom is 0.223 e. The zero-order valence-electron chi connectivity index (χ0n) is 13.4. The number of nitrogens with one attached hydrogen (secondary N) is 1. The highest BCUT2D eigenvalue weighted by molar-refractivity contribution is 6.18. The Hall–Kier alpha value is -2.28. The Morgan fingerprint density at radius 1 is 1.38 bits per heavy atom. The van der Waals surface area contributed by atoms with Gasteiger partial charge in [0.2, 0.25) is 5.91 Å². The van der Waals surface area contributed by atoms with E-state index in [9.17, 15) is 4.79 Å². The number of rotatable bonds is 5. The van der Waals surface area contributed by atoms with Gasteiger partial charge >= 0.3 is 0 Å². The molecule has 1 aliphatic rings. The molecule has 0 aliphatic carbocycles. The second-order valence-electron chi connectivity index (χ2n) is 5.71. The first-order valence-corrected chi connectivity index (χ1v) is 8.41. The lowest BCUT2D eigenvalue weighted by Gasteiger charge is -2.16. The molecule has 1 N–H and O–H groups in total. The summed E-state index contributed by atoms with van der Waals surface area (Å²) in [5.74, 6) is 2.68. The second-order valence-corrected chi connectivity index (χ2v) is 6.08. The predicted octanol–water partition coefficient (Wildman–Crippen LogP) is 2.26. The number of aromatic nitrogens is 4. The number of halogens is 1. The molecule has 3 heterocycles. The molecule has 1 amide bonds. The van der Waals surface area contributed by atoms with E-state index in [1.807, 2.05) is 17.9 Å². The van der Waals surface area contributed by atoms with Crippen LogP contribution < -0.4 is 5.32 Å². The summed E-state index contributed by atoms with van der Waals surface area (Å²) in [4.78, 5) is 31.0. The van der Waals surface area contributed by atoms with E-state index in [0.29, 0.717) is 36.3 Å². The van der Waals surface area contributed by atoms with Gasteiger partial charge in [0.05, 0.1) is 11.9 Å². The lowest BCUT2D eigenvalue weighted by atomic mass is 10.0. The molecule has 2 aromatic heterocycles. The number of aryl methyl sites for hydroxylation is 1. The van der Waals surface area contributed by atoms with Crippen molar-refractivity contribution >= 4 is 29.1 Å². The maximum atomic E-state index is 12.0. The third kappa shape index (κ3) is 3.97. The average molecular weight is 347 g/mol. The molecule has 1 unspecified atom stereocenters. The maximum absolute atomic E-state index is 12.0. The van der Waals surface area contributed by atoms with Gasteiger partial charge in [-0.2, -0.15) is 0 Å². The van der Waals surface area contributed by atoms with Crippen molar-refractivity contribution < 1.29 is 4.79 Å². The first-order valence-electron chi connectivity index (χ1n) is 7.88. The largest absolute Gasteiger partial charge is 0.342 e. The molecule has 3 rings (SSSR count). The van der Waals surface area contributed by atoms with Gasteiger partial charge in [-0.15, -0.1) is 11.6 Å². The third-order valence-electron chi connectivity index (χ3n) is 3.94. The number of likely N-dealkylation sites (tertiary alicyclic amines) is 1. The Morgan fingerprint density at radius 3 is 3.00 bits per heavy atom. The molecule has 1 fully saturated rings. The fourth-order valence-corrected chi connectivity index (χ4v) is 2.99. The van der Waals surface area contributed by atoms with Crippen molar-refractivity contribution in [2.45, 2.75) is 25.7 Å². The number of alkyl halides is 1. The van der Waals surface area contributed by atoms with Gasteiger partial charge < -0.3 is 10.2 Å². The van der Waals surface area contributed by atoms with Gasteiger partial charge in [0.25, 0.3) is 0 Å². The van der Waals surface area contributed by atoms with Crippen molar-refractivity contribution in [1.29, 1.82) is 0 Å². The number of hydrogen-bond acceptors (Lipinski definition) is 6. The summed E-state index contributed by atoms with van der Waals surface area (Å²) >= 11 is 5.66. The predicted molar refractivity (Wildman–Crippen MR) is 91.4 cm³/mol. The van der Waals surface area contributed by atoms with Crippen LogP contribution in [0.2, 0.25) is 0 Å². The third-order valence-corrected chi connectivity index (χ3v) is 4.13. The van der Waals surface area contributed by atoms with Crippen molar-refractivity contribution in [3.8, 4) is 0 Å². The number of nitrogens with zero attached hydrogens (tertiary/aromatic N) is 5. The Balaban J connectivity index is 1.73. The van der Waals surface area contributed by atoms with E-state index in [1.165, 1.54) is 0 Å². The Kier molecular flexibility index (Phi) is 5.20. The minimum atomic E-state index is 0.108. The van der Waals surface area contributed by atoms with Crippen LogP contribution in [-0.4, -0.2) is 49.7 Å². The molecular formula is C16H19ClN6O. The van der Waals surface area contributed by atoms with Crippen LogP contribution in [0.1, 0.15) is 30.3 Å². The molecule has 0 spiro atoms. The molecule has 126 valence electrons. The number of anilines is 2. The monoisotopic (exact) mass is 346 g/mol. The van der Waals surface area contributed by atoms with Crippen LogP contribution in [0.15, 0.2) is 24.7 Å². The summed E-state index contributed by atoms with van der Waals surface area (Å²) in [5, 5.41) is 3.14. The van der Waals surface area contributed by atoms with Crippen molar-refractivity contribution in [2.75, 3.05) is 24.3 Å². The van der Waals surface area contributed by atoms with E-state index in [1.54, 1.807) is 18.6 Å². The van der Waals surface area contributed by atoms with Gasteiger partial charge in [0, 0.05) is 49.8 Å². The summed E-state index contributed by atoms with van der Waals surface area (Å²) in [7, 11) is 0. The standard InChI is InChI=1S/C16H19ClN6O/c1-11-20-13(12-3-7-23(10-12)16(24)2-4-17)8-14(21-11)22-15-9-18-5-6-19-15/h5-6,8-9,12H,2-4,7,10H2,1H3,(H,19,20,21,22). The fourth-order valence-electron chi connectivity index (χ4n) is 2.83. The van der Waals surface area contributed by atoms with Crippen LogP contribution in [0.25, 0.3) is 0 Å². The van der Waals surface area contributed by atoms with E-state index in [2.05, 4.69) is 25.3 Å². The highest BCUT2D eigenvalue weighted by Crippen LogP contribution is 2.28. The number of hydrogen-bond donors (Lipinski definition) is 1. The minimum Gasteiger partial charge on any atom is -0.342 e. The normalized spacial score (nSPS) is 17.1. The molecule has 1 atom stereocenters. The Labute approximate surface area is 145 Å². The summed E-state index contributed by atoms with van der Waals surface area (Å²) in [6, 6.07) is 1.92. The van der Waals surface area contributed by atoms with E-state index in [-0.39, 0.29) is 11.8 Å². The smallest absolute Gasteiger partial charge is 0.223 e. The molecule has 0 saturated carbocycles. The lowest BCUT2D eigenvalue weighted by molar-refractivity contribution is -0.129. The SMILES string of the molecule is Cc1nc(Nc2cnccn2)cc(C2CCN(C(=O)CCCl)C2)n1. The topological polar surface area (TPSA) is 83.9 Å². The summed E-state index contributed by atoms with van der Waals surface area (Å²) in [6.07, 6.45) is 6.16. The number of carbonyl (C=O) groups excluding carboxylic acids is 1.